The molecule has 24 heavy (non-hydrogen) atoms. The maximum absolute atomic E-state index is 11.6. The molecule has 0 radical (unpaired) electrons. The molecule has 0 aromatic heterocycles. The minimum absolute atomic E-state index is 0.257. The molecule has 1 aliphatic heterocycles. The van der Waals surface area contributed by atoms with Crippen LogP contribution in [0.4, 0.5) is 0 Å². The molecule has 1 aliphatic rings. The molecule has 6 heteroatoms. The van der Waals surface area contributed by atoms with Gasteiger partial charge in [-0.2, -0.15) is 0 Å². The van der Waals surface area contributed by atoms with Gasteiger partial charge in [0, 0.05) is 43.5 Å². The van der Waals surface area contributed by atoms with E-state index in [9.17, 15) is 8.42 Å². The van der Waals surface area contributed by atoms with Crippen LogP contribution in [0.25, 0.3) is 0 Å². The first kappa shape index (κ1) is 17.4. The van der Waals surface area contributed by atoms with E-state index in [1.54, 1.807) is 12.1 Å². The van der Waals surface area contributed by atoms with Crippen LogP contribution in [-0.2, 0) is 16.4 Å². The highest BCUT2D eigenvalue weighted by molar-refractivity contribution is 7.90. The van der Waals surface area contributed by atoms with E-state index in [0.29, 0.717) is 4.90 Å². The van der Waals surface area contributed by atoms with E-state index < -0.39 is 9.84 Å². The molecule has 1 saturated heterocycles. The Hall–Kier alpha value is -1.40. The second-order valence-corrected chi connectivity index (χ2v) is 8.61. The lowest BCUT2D eigenvalue weighted by Crippen LogP contribution is -2.45. The summed E-state index contributed by atoms with van der Waals surface area (Å²) in [6.07, 6.45) is 1.23. The van der Waals surface area contributed by atoms with Crippen molar-refractivity contribution in [2.75, 3.05) is 25.9 Å². The number of halogens is 1. The Morgan fingerprint density at radius 2 is 1.96 bits per heavy atom. The van der Waals surface area contributed by atoms with E-state index in [1.165, 1.54) is 11.8 Å². The van der Waals surface area contributed by atoms with Crippen LogP contribution in [0.5, 0.6) is 0 Å². The summed E-state index contributed by atoms with van der Waals surface area (Å²) < 4.78 is 23.1. The Balaban J connectivity index is 1.79. The third kappa shape index (κ3) is 4.16. The Morgan fingerprint density at radius 3 is 2.62 bits per heavy atom. The monoisotopic (exact) mass is 364 g/mol. The standard InChI is InChI=1S/C18H21ClN2O2S/c1-24(22,23)17-7-5-14(6-8-17)13-21-10-9-20-12-18(21)15-3-2-4-16(19)11-15/h2-8,11,18,20H,9-10,12-13H2,1H3. The highest BCUT2D eigenvalue weighted by Gasteiger charge is 2.24. The topological polar surface area (TPSA) is 49.4 Å². The Kier molecular flexibility index (Phi) is 5.25. The first-order valence-electron chi connectivity index (χ1n) is 7.93. The maximum Gasteiger partial charge on any atom is 0.175 e. The summed E-state index contributed by atoms with van der Waals surface area (Å²) >= 11 is 6.14. The van der Waals surface area contributed by atoms with Gasteiger partial charge in [0.05, 0.1) is 4.90 Å². The van der Waals surface area contributed by atoms with Crippen LogP contribution in [-0.4, -0.2) is 39.2 Å². The minimum Gasteiger partial charge on any atom is -0.314 e. The van der Waals surface area contributed by atoms with Crippen molar-refractivity contribution in [1.29, 1.82) is 0 Å². The van der Waals surface area contributed by atoms with Crippen LogP contribution >= 0.6 is 11.6 Å². The molecule has 1 heterocycles. The third-order valence-electron chi connectivity index (χ3n) is 4.32. The molecule has 2 aromatic carbocycles. The molecule has 1 unspecified atom stereocenters. The molecule has 128 valence electrons. The Labute approximate surface area is 148 Å². The van der Waals surface area contributed by atoms with E-state index in [0.717, 1.165) is 36.8 Å². The first-order valence-corrected chi connectivity index (χ1v) is 10.2. The normalized spacial score (nSPS) is 19.3. The molecule has 0 aliphatic carbocycles. The summed E-state index contributed by atoms with van der Waals surface area (Å²) in [7, 11) is -3.15. The zero-order valence-corrected chi connectivity index (χ0v) is 15.1. The van der Waals surface area contributed by atoms with Gasteiger partial charge in [-0.3, -0.25) is 4.90 Å². The van der Waals surface area contributed by atoms with E-state index in [2.05, 4.69) is 16.3 Å². The average Bonchev–Trinajstić information content (AvgIpc) is 2.55. The maximum atomic E-state index is 11.6. The van der Waals surface area contributed by atoms with Gasteiger partial charge >= 0.3 is 0 Å². The molecule has 1 N–H and O–H groups in total. The lowest BCUT2D eigenvalue weighted by Gasteiger charge is -2.36. The van der Waals surface area contributed by atoms with Crippen LogP contribution in [0.3, 0.4) is 0 Å². The van der Waals surface area contributed by atoms with Crippen molar-refractivity contribution in [2.24, 2.45) is 0 Å². The average molecular weight is 365 g/mol. The fourth-order valence-electron chi connectivity index (χ4n) is 3.05. The summed E-state index contributed by atoms with van der Waals surface area (Å²) in [6, 6.07) is 15.4. The van der Waals surface area contributed by atoms with E-state index in [1.807, 2.05) is 30.3 Å². The van der Waals surface area contributed by atoms with E-state index in [-0.39, 0.29) is 6.04 Å². The fraction of sp³-hybridized carbons (Fsp3) is 0.333. The largest absolute Gasteiger partial charge is 0.314 e. The van der Waals surface area contributed by atoms with Gasteiger partial charge in [0.25, 0.3) is 0 Å². The summed E-state index contributed by atoms with van der Waals surface area (Å²) in [6.45, 7) is 3.54. The van der Waals surface area contributed by atoms with E-state index in [4.69, 9.17) is 11.6 Å². The number of sulfone groups is 1. The van der Waals surface area contributed by atoms with Crippen molar-refractivity contribution < 1.29 is 8.42 Å². The van der Waals surface area contributed by atoms with Crippen molar-refractivity contribution in [2.45, 2.75) is 17.5 Å². The number of benzene rings is 2. The molecular formula is C18H21ClN2O2S. The van der Waals surface area contributed by atoms with Crippen LogP contribution < -0.4 is 5.32 Å². The molecule has 0 spiro atoms. The van der Waals surface area contributed by atoms with Gasteiger partial charge in [0.15, 0.2) is 9.84 Å². The molecule has 1 atom stereocenters. The van der Waals surface area contributed by atoms with Gasteiger partial charge in [-0.15, -0.1) is 0 Å². The number of piperazine rings is 1. The number of hydrogen-bond donors (Lipinski definition) is 1. The molecule has 0 saturated carbocycles. The summed E-state index contributed by atoms with van der Waals surface area (Å²) in [4.78, 5) is 2.76. The lowest BCUT2D eigenvalue weighted by molar-refractivity contribution is 0.154. The molecular weight excluding hydrogens is 344 g/mol. The van der Waals surface area contributed by atoms with Crippen LogP contribution in [0.2, 0.25) is 5.02 Å². The molecule has 3 rings (SSSR count). The summed E-state index contributed by atoms with van der Waals surface area (Å²) in [5.41, 5.74) is 2.30. The van der Waals surface area contributed by atoms with Crippen LogP contribution in [0, 0.1) is 0 Å². The quantitative estimate of drug-likeness (QED) is 0.906. The molecule has 4 nitrogen and oxygen atoms in total. The van der Waals surface area contributed by atoms with Gasteiger partial charge in [-0.05, 0) is 35.4 Å². The lowest BCUT2D eigenvalue weighted by atomic mass is 10.0. The molecule has 1 fully saturated rings. The second kappa shape index (κ2) is 7.23. The number of nitrogens with zero attached hydrogens (tertiary/aromatic N) is 1. The van der Waals surface area contributed by atoms with Gasteiger partial charge in [0.1, 0.15) is 0 Å². The van der Waals surface area contributed by atoms with Gasteiger partial charge < -0.3 is 5.32 Å². The van der Waals surface area contributed by atoms with Crippen molar-refractivity contribution in [3.8, 4) is 0 Å². The predicted octanol–water partition coefficient (Wildman–Crippen LogP) is 2.89. The summed E-state index contributed by atoms with van der Waals surface area (Å²) in [5, 5.41) is 4.18. The number of nitrogens with one attached hydrogen (secondary N) is 1. The second-order valence-electron chi connectivity index (χ2n) is 6.16. The minimum atomic E-state index is -3.15. The molecule has 2 aromatic rings. The first-order chi connectivity index (χ1) is 11.4. The third-order valence-corrected chi connectivity index (χ3v) is 5.69. The summed E-state index contributed by atoms with van der Waals surface area (Å²) in [5.74, 6) is 0. The van der Waals surface area contributed by atoms with Crippen molar-refractivity contribution in [3.05, 3.63) is 64.7 Å². The zero-order chi connectivity index (χ0) is 17.2. The van der Waals surface area contributed by atoms with Crippen molar-refractivity contribution in [1.82, 2.24) is 10.2 Å². The van der Waals surface area contributed by atoms with Gasteiger partial charge in [0.2, 0.25) is 0 Å². The van der Waals surface area contributed by atoms with Gasteiger partial charge in [-0.1, -0.05) is 35.9 Å². The van der Waals surface area contributed by atoms with Crippen LogP contribution in [0.1, 0.15) is 17.2 Å². The van der Waals surface area contributed by atoms with E-state index >= 15 is 0 Å². The number of rotatable bonds is 4. The van der Waals surface area contributed by atoms with Crippen molar-refractivity contribution in [3.63, 3.8) is 0 Å². The number of hydrogen-bond acceptors (Lipinski definition) is 4. The highest BCUT2D eigenvalue weighted by Crippen LogP contribution is 2.26. The molecule has 0 bridgehead atoms. The predicted molar refractivity (Wildman–Crippen MR) is 97.0 cm³/mol. The smallest absolute Gasteiger partial charge is 0.175 e. The van der Waals surface area contributed by atoms with Crippen LogP contribution in [0.15, 0.2) is 53.4 Å². The highest BCUT2D eigenvalue weighted by atomic mass is 35.5. The van der Waals surface area contributed by atoms with Crippen molar-refractivity contribution >= 4 is 21.4 Å². The zero-order valence-electron chi connectivity index (χ0n) is 13.6. The SMILES string of the molecule is CS(=O)(=O)c1ccc(CN2CCNCC2c2cccc(Cl)c2)cc1. The Morgan fingerprint density at radius 1 is 1.21 bits per heavy atom. The fourth-order valence-corrected chi connectivity index (χ4v) is 3.88. The Bertz CT molecular complexity index is 806. The molecule has 0 amide bonds. The van der Waals surface area contributed by atoms with Gasteiger partial charge in [-0.25, -0.2) is 8.42 Å².